The highest BCUT2D eigenvalue weighted by atomic mass is 16.5. The van der Waals surface area contributed by atoms with E-state index in [9.17, 15) is 0 Å². The van der Waals surface area contributed by atoms with Crippen LogP contribution in [-0.2, 0) is 5.41 Å². The first-order valence-electron chi connectivity index (χ1n) is 15.8. The lowest BCUT2D eigenvalue weighted by molar-refractivity contribution is 0.434. The first-order chi connectivity index (χ1) is 22.1. The van der Waals surface area contributed by atoms with Crippen molar-refractivity contribution in [3.63, 3.8) is 0 Å². The van der Waals surface area contributed by atoms with E-state index >= 15 is 0 Å². The number of hydrogen-bond donors (Lipinski definition) is 0. The molecule has 3 aliphatic rings. The van der Waals surface area contributed by atoms with Crippen LogP contribution in [0.25, 0.3) is 43.4 Å². The Labute approximate surface area is 261 Å². The van der Waals surface area contributed by atoms with Gasteiger partial charge in [0.15, 0.2) is 0 Å². The smallest absolute Gasteiger partial charge is 0.132 e. The third-order valence-corrected chi connectivity index (χ3v) is 10.7. The van der Waals surface area contributed by atoms with Gasteiger partial charge in [0.05, 0.1) is 22.5 Å². The van der Waals surface area contributed by atoms with Crippen molar-refractivity contribution in [2.75, 3.05) is 4.90 Å². The van der Waals surface area contributed by atoms with Crippen LogP contribution in [0.4, 0.5) is 17.1 Å². The van der Waals surface area contributed by atoms with Gasteiger partial charge in [-0.2, -0.15) is 0 Å². The lowest BCUT2D eigenvalue weighted by atomic mass is 9.60. The minimum atomic E-state index is -0.564. The van der Waals surface area contributed by atoms with Crippen molar-refractivity contribution < 1.29 is 4.74 Å². The molecular formula is C43H27NO. The normalized spacial score (nSPS) is 14.8. The molecule has 8 aromatic rings. The fourth-order valence-corrected chi connectivity index (χ4v) is 9.15. The predicted molar refractivity (Wildman–Crippen MR) is 185 cm³/mol. The Morgan fingerprint density at radius 2 is 1.16 bits per heavy atom. The van der Waals surface area contributed by atoms with Crippen molar-refractivity contribution in [1.82, 2.24) is 0 Å². The van der Waals surface area contributed by atoms with E-state index in [0.29, 0.717) is 0 Å². The molecule has 3 heterocycles. The molecule has 2 nitrogen and oxygen atoms in total. The molecule has 0 amide bonds. The van der Waals surface area contributed by atoms with Gasteiger partial charge in [-0.1, -0.05) is 96.6 Å². The van der Waals surface area contributed by atoms with Crippen LogP contribution < -0.4 is 9.64 Å². The van der Waals surface area contributed by atoms with Crippen molar-refractivity contribution in [2.45, 2.75) is 19.3 Å². The summed E-state index contributed by atoms with van der Waals surface area (Å²) in [5.41, 5.74) is 13.4. The number of para-hydroxylation sites is 3. The molecule has 0 radical (unpaired) electrons. The van der Waals surface area contributed by atoms with Gasteiger partial charge in [-0.3, -0.25) is 0 Å². The first-order valence-corrected chi connectivity index (χ1v) is 15.8. The average molecular weight is 574 g/mol. The number of aryl methyl sites for hydroxylation is 2. The van der Waals surface area contributed by atoms with Gasteiger partial charge in [-0.15, -0.1) is 0 Å². The van der Waals surface area contributed by atoms with E-state index < -0.39 is 5.41 Å². The van der Waals surface area contributed by atoms with E-state index in [1.165, 1.54) is 93.9 Å². The molecule has 0 N–H and O–H groups in total. The van der Waals surface area contributed by atoms with Crippen LogP contribution in [0.2, 0.25) is 0 Å². The van der Waals surface area contributed by atoms with Gasteiger partial charge >= 0.3 is 0 Å². The van der Waals surface area contributed by atoms with Crippen molar-refractivity contribution in [1.29, 1.82) is 0 Å². The summed E-state index contributed by atoms with van der Waals surface area (Å²) in [6.07, 6.45) is 0. The Balaban J connectivity index is 1.46. The summed E-state index contributed by atoms with van der Waals surface area (Å²) >= 11 is 0. The summed E-state index contributed by atoms with van der Waals surface area (Å²) in [6.45, 7) is 4.50. The van der Waals surface area contributed by atoms with Crippen LogP contribution in [0.15, 0.2) is 127 Å². The van der Waals surface area contributed by atoms with Crippen molar-refractivity contribution in [3.8, 4) is 22.6 Å². The number of anilines is 3. The largest absolute Gasteiger partial charge is 0.457 e. The maximum atomic E-state index is 6.67. The Bertz CT molecular complexity index is 2560. The quantitative estimate of drug-likeness (QED) is 0.167. The summed E-state index contributed by atoms with van der Waals surface area (Å²) in [5, 5.41) is 7.92. The summed E-state index contributed by atoms with van der Waals surface area (Å²) in [4.78, 5) is 2.60. The third-order valence-electron chi connectivity index (χ3n) is 10.7. The van der Waals surface area contributed by atoms with Crippen LogP contribution in [0.5, 0.6) is 11.5 Å². The van der Waals surface area contributed by atoms with Crippen LogP contribution in [0, 0.1) is 13.8 Å². The number of nitrogens with zero attached hydrogens (tertiary/aromatic N) is 1. The zero-order valence-electron chi connectivity index (χ0n) is 25.0. The van der Waals surface area contributed by atoms with Crippen LogP contribution >= 0.6 is 0 Å². The lowest BCUT2D eigenvalue weighted by Gasteiger charge is -2.50. The second kappa shape index (κ2) is 7.91. The van der Waals surface area contributed by atoms with Crippen molar-refractivity contribution in [3.05, 3.63) is 161 Å². The molecule has 0 bridgehead atoms. The van der Waals surface area contributed by atoms with Crippen LogP contribution in [0.1, 0.15) is 33.4 Å². The Hall–Kier alpha value is -5.60. The molecular weight excluding hydrogens is 546 g/mol. The number of rotatable bonds is 0. The van der Waals surface area contributed by atoms with Crippen molar-refractivity contribution in [2.24, 2.45) is 0 Å². The Kier molecular flexibility index (Phi) is 4.19. The van der Waals surface area contributed by atoms with E-state index in [1.807, 2.05) is 0 Å². The van der Waals surface area contributed by atoms with E-state index in [1.54, 1.807) is 0 Å². The molecule has 0 atom stereocenters. The molecule has 2 heteroatoms. The fourth-order valence-electron chi connectivity index (χ4n) is 9.15. The maximum absolute atomic E-state index is 6.67. The third kappa shape index (κ3) is 2.66. The molecule has 0 aliphatic carbocycles. The number of benzene rings is 8. The van der Waals surface area contributed by atoms with E-state index in [4.69, 9.17) is 4.74 Å². The molecule has 0 saturated heterocycles. The molecule has 210 valence electrons. The Morgan fingerprint density at radius 1 is 0.489 bits per heavy atom. The maximum Gasteiger partial charge on any atom is 0.132 e. The zero-order chi connectivity index (χ0) is 29.6. The first kappa shape index (κ1) is 23.8. The second-order valence-electron chi connectivity index (χ2n) is 13.0. The topological polar surface area (TPSA) is 12.5 Å². The van der Waals surface area contributed by atoms with E-state index in [-0.39, 0.29) is 0 Å². The molecule has 0 unspecified atom stereocenters. The number of hydrogen-bond acceptors (Lipinski definition) is 2. The molecule has 0 fully saturated rings. The summed E-state index contributed by atoms with van der Waals surface area (Å²) in [5.74, 6) is 1.83. The predicted octanol–water partition coefficient (Wildman–Crippen LogP) is 11.5. The van der Waals surface area contributed by atoms with Gasteiger partial charge in [-0.25, -0.2) is 0 Å². The van der Waals surface area contributed by atoms with Crippen molar-refractivity contribution >= 4 is 49.4 Å². The molecule has 1 spiro atoms. The monoisotopic (exact) mass is 573 g/mol. The molecule has 8 aromatic carbocycles. The summed E-state index contributed by atoms with van der Waals surface area (Å²) in [7, 11) is 0. The molecule has 45 heavy (non-hydrogen) atoms. The van der Waals surface area contributed by atoms with Gasteiger partial charge in [-0.05, 0) is 94.0 Å². The fraction of sp³-hybridized carbons (Fsp3) is 0.0698. The summed E-state index contributed by atoms with van der Waals surface area (Å²) in [6, 6.07) is 47.5. The highest BCUT2D eigenvalue weighted by Crippen LogP contribution is 2.67. The molecule has 11 rings (SSSR count). The molecule has 0 aromatic heterocycles. The van der Waals surface area contributed by atoms with Gasteiger partial charge in [0.25, 0.3) is 0 Å². The molecule has 0 saturated carbocycles. The standard InChI is InChI=1S/C43H27NO/c1-24-20-25(2)41-30(21-24)29-22-27-11-9-10-26-18-19-28-23-34-42(40(29)39(28)38(26)27)44(41)35-15-6-3-12-31(35)43(34)32-13-4-7-16-36(32)45-37-17-8-5-14-33(37)43/h3-23H,1-2H3. The summed E-state index contributed by atoms with van der Waals surface area (Å²) < 4.78 is 6.67. The van der Waals surface area contributed by atoms with Gasteiger partial charge in [0.1, 0.15) is 11.5 Å². The number of fused-ring (bicyclic) bond motifs is 11. The SMILES string of the molecule is Cc1cc(C)c2c(c1)-c1cc3cccc4ccc5cc6c(c1c5c43)N2c1ccccc1C61c2ccccc2Oc2ccccc21. The Morgan fingerprint density at radius 3 is 1.96 bits per heavy atom. The minimum Gasteiger partial charge on any atom is -0.457 e. The van der Waals surface area contributed by atoms with Crippen LogP contribution in [-0.4, -0.2) is 0 Å². The number of ether oxygens (including phenoxy) is 1. The second-order valence-corrected chi connectivity index (χ2v) is 13.0. The highest BCUT2D eigenvalue weighted by Gasteiger charge is 2.53. The van der Waals surface area contributed by atoms with E-state index in [2.05, 4.69) is 146 Å². The highest BCUT2D eigenvalue weighted by molar-refractivity contribution is 6.32. The van der Waals surface area contributed by atoms with Gasteiger partial charge in [0.2, 0.25) is 0 Å². The van der Waals surface area contributed by atoms with Crippen LogP contribution in [0.3, 0.4) is 0 Å². The zero-order valence-corrected chi connectivity index (χ0v) is 25.0. The lowest BCUT2D eigenvalue weighted by Crippen LogP contribution is -2.40. The van der Waals surface area contributed by atoms with Gasteiger partial charge < -0.3 is 9.64 Å². The average Bonchev–Trinajstić information content (AvgIpc) is 3.07. The van der Waals surface area contributed by atoms with Gasteiger partial charge in [0, 0.05) is 27.5 Å². The minimum absolute atomic E-state index is 0.564. The molecule has 3 aliphatic heterocycles. The van der Waals surface area contributed by atoms with E-state index in [0.717, 1.165) is 11.5 Å².